The van der Waals surface area contributed by atoms with Gasteiger partial charge in [-0.2, -0.15) is 0 Å². The Morgan fingerprint density at radius 3 is 3.00 bits per heavy atom. The first-order chi connectivity index (χ1) is 7.83. The molecule has 0 N–H and O–H groups in total. The first kappa shape index (κ1) is 10.9. The zero-order chi connectivity index (χ0) is 11.4. The van der Waals surface area contributed by atoms with Gasteiger partial charge in [-0.3, -0.25) is 4.79 Å². The number of hydrogen-bond donors (Lipinski definition) is 0. The second kappa shape index (κ2) is 4.97. The van der Waals surface area contributed by atoms with Gasteiger partial charge in [-0.05, 0) is 30.9 Å². The Kier molecular flexibility index (Phi) is 3.40. The van der Waals surface area contributed by atoms with Crippen molar-refractivity contribution in [2.45, 2.75) is 19.3 Å². The Labute approximate surface area is 96.6 Å². The van der Waals surface area contributed by atoms with E-state index >= 15 is 0 Å². The molecule has 1 aliphatic heterocycles. The Morgan fingerprint density at radius 2 is 2.19 bits per heavy atom. The lowest BCUT2D eigenvalue weighted by Crippen LogP contribution is -2.38. The molecule has 1 aromatic carbocycles. The van der Waals surface area contributed by atoms with E-state index in [-0.39, 0.29) is 5.91 Å². The van der Waals surface area contributed by atoms with Crippen LogP contribution in [0.25, 0.3) is 0 Å². The molecule has 0 unspecified atom stereocenters. The molecule has 0 bridgehead atoms. The second-order valence-corrected chi connectivity index (χ2v) is 4.13. The zero-order valence-electron chi connectivity index (χ0n) is 9.48. The summed E-state index contributed by atoms with van der Waals surface area (Å²) < 4.78 is 0. The Hall–Kier alpha value is -1.57. The molecule has 0 atom stereocenters. The lowest BCUT2D eigenvalue weighted by atomic mass is 9.99. The van der Waals surface area contributed by atoms with Gasteiger partial charge in [-0.15, -0.1) is 6.58 Å². The molecule has 0 radical (unpaired) electrons. The van der Waals surface area contributed by atoms with E-state index in [1.54, 1.807) is 0 Å². The second-order valence-electron chi connectivity index (χ2n) is 4.13. The summed E-state index contributed by atoms with van der Waals surface area (Å²) in [5, 5.41) is 0. The van der Waals surface area contributed by atoms with Crippen LogP contribution in [0.3, 0.4) is 0 Å². The van der Waals surface area contributed by atoms with Crippen molar-refractivity contribution < 1.29 is 4.79 Å². The fourth-order valence-electron chi connectivity index (χ4n) is 2.11. The number of hydrogen-bond acceptors (Lipinski definition) is 1. The highest BCUT2D eigenvalue weighted by Crippen LogP contribution is 2.18. The SMILES string of the molecule is C=CCCCN1CCc2ccccc2C1=O. The van der Waals surface area contributed by atoms with Crippen LogP contribution in [-0.4, -0.2) is 23.9 Å². The lowest BCUT2D eigenvalue weighted by molar-refractivity contribution is 0.0738. The summed E-state index contributed by atoms with van der Waals surface area (Å²) in [4.78, 5) is 14.1. The van der Waals surface area contributed by atoms with Crippen molar-refractivity contribution in [2.75, 3.05) is 13.1 Å². The minimum Gasteiger partial charge on any atom is -0.338 e. The van der Waals surface area contributed by atoms with Crippen LogP contribution in [0.15, 0.2) is 36.9 Å². The molecule has 1 amide bonds. The van der Waals surface area contributed by atoms with Gasteiger partial charge < -0.3 is 4.90 Å². The van der Waals surface area contributed by atoms with E-state index in [2.05, 4.69) is 6.58 Å². The molecule has 0 aromatic heterocycles. The van der Waals surface area contributed by atoms with Crippen LogP contribution in [-0.2, 0) is 6.42 Å². The van der Waals surface area contributed by atoms with Crippen molar-refractivity contribution in [1.29, 1.82) is 0 Å². The summed E-state index contributed by atoms with van der Waals surface area (Å²) in [6.45, 7) is 5.40. The van der Waals surface area contributed by atoms with E-state index in [4.69, 9.17) is 0 Å². The van der Waals surface area contributed by atoms with E-state index in [0.29, 0.717) is 0 Å². The van der Waals surface area contributed by atoms with Gasteiger partial charge >= 0.3 is 0 Å². The fourth-order valence-corrected chi connectivity index (χ4v) is 2.11. The van der Waals surface area contributed by atoms with E-state index in [0.717, 1.165) is 37.9 Å². The van der Waals surface area contributed by atoms with Crippen molar-refractivity contribution >= 4 is 5.91 Å². The number of nitrogens with zero attached hydrogens (tertiary/aromatic N) is 1. The molecule has 0 spiro atoms. The first-order valence-corrected chi connectivity index (χ1v) is 5.81. The third kappa shape index (κ3) is 2.16. The van der Waals surface area contributed by atoms with Crippen LogP contribution in [0.5, 0.6) is 0 Å². The molecule has 0 saturated heterocycles. The monoisotopic (exact) mass is 215 g/mol. The van der Waals surface area contributed by atoms with Crippen LogP contribution < -0.4 is 0 Å². The van der Waals surface area contributed by atoms with Gasteiger partial charge in [-0.1, -0.05) is 24.3 Å². The lowest BCUT2D eigenvalue weighted by Gasteiger charge is -2.28. The van der Waals surface area contributed by atoms with E-state index in [9.17, 15) is 4.79 Å². The topological polar surface area (TPSA) is 20.3 Å². The average Bonchev–Trinajstić information content (AvgIpc) is 2.33. The van der Waals surface area contributed by atoms with Gasteiger partial charge in [0.25, 0.3) is 5.91 Å². The maximum absolute atomic E-state index is 12.1. The molecule has 1 aliphatic rings. The van der Waals surface area contributed by atoms with Crippen LogP contribution in [0.2, 0.25) is 0 Å². The third-order valence-corrected chi connectivity index (χ3v) is 3.02. The molecule has 1 heterocycles. The zero-order valence-corrected chi connectivity index (χ0v) is 9.48. The molecule has 2 rings (SSSR count). The molecule has 84 valence electrons. The van der Waals surface area contributed by atoms with Gasteiger partial charge in [0.05, 0.1) is 0 Å². The Bertz CT molecular complexity index is 397. The van der Waals surface area contributed by atoms with Crippen molar-refractivity contribution in [3.8, 4) is 0 Å². The number of carbonyl (C=O) groups is 1. The molecule has 2 nitrogen and oxygen atoms in total. The Balaban J connectivity index is 2.06. The highest BCUT2D eigenvalue weighted by atomic mass is 16.2. The molecule has 16 heavy (non-hydrogen) atoms. The number of fused-ring (bicyclic) bond motifs is 1. The minimum absolute atomic E-state index is 0.186. The van der Waals surface area contributed by atoms with Gasteiger partial charge in [0, 0.05) is 18.7 Å². The maximum atomic E-state index is 12.1. The summed E-state index contributed by atoms with van der Waals surface area (Å²) >= 11 is 0. The van der Waals surface area contributed by atoms with Gasteiger partial charge in [0.15, 0.2) is 0 Å². The number of rotatable bonds is 4. The predicted octanol–water partition coefficient (Wildman–Crippen LogP) is 2.65. The van der Waals surface area contributed by atoms with Crippen molar-refractivity contribution in [1.82, 2.24) is 4.90 Å². The van der Waals surface area contributed by atoms with Crippen molar-refractivity contribution in [3.63, 3.8) is 0 Å². The van der Waals surface area contributed by atoms with E-state index in [1.807, 2.05) is 35.2 Å². The maximum Gasteiger partial charge on any atom is 0.254 e. The summed E-state index contributed by atoms with van der Waals surface area (Å²) in [6.07, 6.45) is 4.88. The largest absolute Gasteiger partial charge is 0.338 e. The molecule has 0 fully saturated rings. The molecular weight excluding hydrogens is 198 g/mol. The van der Waals surface area contributed by atoms with Crippen LogP contribution >= 0.6 is 0 Å². The van der Waals surface area contributed by atoms with Crippen molar-refractivity contribution in [3.05, 3.63) is 48.0 Å². The number of carbonyl (C=O) groups excluding carboxylic acids is 1. The normalized spacial score (nSPS) is 14.8. The van der Waals surface area contributed by atoms with Gasteiger partial charge in [-0.25, -0.2) is 0 Å². The summed E-state index contributed by atoms with van der Waals surface area (Å²) in [7, 11) is 0. The standard InChI is InChI=1S/C14H17NO/c1-2-3-6-10-15-11-9-12-7-4-5-8-13(12)14(15)16/h2,4-5,7-8H,1,3,6,9-11H2. The Morgan fingerprint density at radius 1 is 1.38 bits per heavy atom. The average molecular weight is 215 g/mol. The predicted molar refractivity (Wildman–Crippen MR) is 65.5 cm³/mol. The van der Waals surface area contributed by atoms with Gasteiger partial charge in [0.1, 0.15) is 0 Å². The molecule has 0 aliphatic carbocycles. The summed E-state index contributed by atoms with van der Waals surface area (Å²) in [5.41, 5.74) is 2.07. The smallest absolute Gasteiger partial charge is 0.254 e. The van der Waals surface area contributed by atoms with E-state index < -0.39 is 0 Å². The summed E-state index contributed by atoms with van der Waals surface area (Å²) in [6, 6.07) is 7.91. The third-order valence-electron chi connectivity index (χ3n) is 3.02. The van der Waals surface area contributed by atoms with Gasteiger partial charge in [0.2, 0.25) is 0 Å². The number of amides is 1. The highest BCUT2D eigenvalue weighted by Gasteiger charge is 2.22. The molecule has 2 heteroatoms. The van der Waals surface area contributed by atoms with Crippen LogP contribution in [0.1, 0.15) is 28.8 Å². The number of unbranched alkanes of at least 4 members (excludes halogenated alkanes) is 1. The summed E-state index contributed by atoms with van der Waals surface area (Å²) in [5.74, 6) is 0.186. The minimum atomic E-state index is 0.186. The number of benzene rings is 1. The first-order valence-electron chi connectivity index (χ1n) is 5.81. The molecular formula is C14H17NO. The van der Waals surface area contributed by atoms with Crippen LogP contribution in [0, 0.1) is 0 Å². The fraction of sp³-hybridized carbons (Fsp3) is 0.357. The van der Waals surface area contributed by atoms with E-state index in [1.165, 1.54) is 5.56 Å². The molecule has 0 saturated carbocycles. The number of allylic oxidation sites excluding steroid dienone is 1. The van der Waals surface area contributed by atoms with Crippen LogP contribution in [0.4, 0.5) is 0 Å². The molecule has 1 aromatic rings. The quantitative estimate of drug-likeness (QED) is 0.558. The highest BCUT2D eigenvalue weighted by molar-refractivity contribution is 5.96. The van der Waals surface area contributed by atoms with Crippen molar-refractivity contribution in [2.24, 2.45) is 0 Å².